The van der Waals surface area contributed by atoms with Crippen molar-refractivity contribution >= 4 is 45.6 Å². The number of carboxylic acid groups (broad SMARTS) is 1. The summed E-state index contributed by atoms with van der Waals surface area (Å²) in [6.45, 7) is 3.60. The molecule has 31 heavy (non-hydrogen) atoms. The Morgan fingerprint density at radius 3 is 2.58 bits per heavy atom. The van der Waals surface area contributed by atoms with Crippen LogP contribution in [0, 0.1) is 13.8 Å². The highest BCUT2D eigenvalue weighted by Crippen LogP contribution is 2.24. The van der Waals surface area contributed by atoms with Crippen molar-refractivity contribution in [2.24, 2.45) is 5.10 Å². The first kappa shape index (κ1) is 22.6. The van der Waals surface area contributed by atoms with E-state index >= 15 is 0 Å². The molecule has 1 heterocycles. The fourth-order valence-corrected chi connectivity index (χ4v) is 3.48. The minimum atomic E-state index is -1.09. The van der Waals surface area contributed by atoms with Crippen molar-refractivity contribution in [2.45, 2.75) is 13.8 Å². The number of aryl methyl sites for hydroxylation is 1. The number of hydrogen-bond donors (Lipinski definition) is 2. The van der Waals surface area contributed by atoms with Crippen LogP contribution in [0.5, 0.6) is 5.75 Å². The van der Waals surface area contributed by atoms with Crippen molar-refractivity contribution in [1.29, 1.82) is 0 Å². The van der Waals surface area contributed by atoms with E-state index in [2.05, 4.69) is 26.5 Å². The van der Waals surface area contributed by atoms with Crippen molar-refractivity contribution in [3.8, 4) is 11.4 Å². The first-order chi connectivity index (χ1) is 14.8. The molecule has 0 atom stereocenters. The summed E-state index contributed by atoms with van der Waals surface area (Å²) >= 11 is 9.30. The SMILES string of the molecule is Cc1cc(/C=N\NC(=O)COc2ccc(Br)cc2)c(C)n1-c1ccc(Cl)c(C(=O)O)c1. The highest BCUT2D eigenvalue weighted by molar-refractivity contribution is 9.10. The molecule has 0 saturated carbocycles. The van der Waals surface area contributed by atoms with Crippen molar-refractivity contribution in [3.05, 3.63) is 80.5 Å². The van der Waals surface area contributed by atoms with Crippen LogP contribution in [0.15, 0.2) is 58.1 Å². The molecular weight excluding hydrogens is 486 g/mol. The van der Waals surface area contributed by atoms with E-state index < -0.39 is 11.9 Å². The molecule has 0 bridgehead atoms. The van der Waals surface area contributed by atoms with Gasteiger partial charge in [0, 0.05) is 27.1 Å². The van der Waals surface area contributed by atoms with Crippen LogP contribution in [-0.2, 0) is 4.79 Å². The third kappa shape index (κ3) is 5.53. The van der Waals surface area contributed by atoms with Crippen LogP contribution in [0.25, 0.3) is 5.69 Å². The van der Waals surface area contributed by atoms with Crippen LogP contribution in [0.1, 0.15) is 27.3 Å². The van der Waals surface area contributed by atoms with E-state index in [1.165, 1.54) is 12.3 Å². The van der Waals surface area contributed by atoms with Crippen LogP contribution in [-0.4, -0.2) is 34.4 Å². The van der Waals surface area contributed by atoms with Gasteiger partial charge in [-0.3, -0.25) is 4.79 Å². The quantitative estimate of drug-likeness (QED) is 0.359. The second kappa shape index (κ2) is 9.80. The summed E-state index contributed by atoms with van der Waals surface area (Å²) in [5.41, 5.74) is 5.62. The number of amides is 1. The smallest absolute Gasteiger partial charge is 0.337 e. The molecule has 2 N–H and O–H groups in total. The maximum absolute atomic E-state index is 12.0. The fourth-order valence-electron chi connectivity index (χ4n) is 3.02. The zero-order chi connectivity index (χ0) is 22.5. The maximum atomic E-state index is 12.0. The largest absolute Gasteiger partial charge is 0.484 e. The predicted octanol–water partition coefficient (Wildman–Crippen LogP) is 4.74. The van der Waals surface area contributed by atoms with E-state index in [4.69, 9.17) is 16.3 Å². The maximum Gasteiger partial charge on any atom is 0.337 e. The van der Waals surface area contributed by atoms with Crippen LogP contribution in [0.4, 0.5) is 0 Å². The average Bonchev–Trinajstić information content (AvgIpc) is 3.01. The van der Waals surface area contributed by atoms with Gasteiger partial charge in [0.2, 0.25) is 0 Å². The zero-order valence-electron chi connectivity index (χ0n) is 16.7. The molecule has 0 unspecified atom stereocenters. The number of benzene rings is 2. The second-order valence-corrected chi connectivity index (χ2v) is 7.99. The normalized spacial score (nSPS) is 11.0. The molecule has 3 aromatic rings. The molecule has 0 radical (unpaired) electrons. The molecule has 0 aliphatic rings. The average molecular weight is 505 g/mol. The third-order valence-electron chi connectivity index (χ3n) is 4.49. The molecule has 1 aromatic heterocycles. The molecule has 3 rings (SSSR count). The molecule has 2 aromatic carbocycles. The first-order valence-electron chi connectivity index (χ1n) is 9.18. The number of ether oxygens (including phenoxy) is 1. The molecule has 0 aliphatic heterocycles. The van der Waals surface area contributed by atoms with Crippen molar-refractivity contribution in [1.82, 2.24) is 9.99 Å². The number of hydrazone groups is 1. The summed E-state index contributed by atoms with van der Waals surface area (Å²) < 4.78 is 8.21. The van der Waals surface area contributed by atoms with Crippen molar-refractivity contribution in [3.63, 3.8) is 0 Å². The molecule has 0 aliphatic carbocycles. The monoisotopic (exact) mass is 503 g/mol. The fraction of sp³-hybridized carbons (Fsp3) is 0.136. The summed E-state index contributed by atoms with van der Waals surface area (Å²) in [4.78, 5) is 23.3. The Morgan fingerprint density at radius 1 is 1.19 bits per heavy atom. The van der Waals surface area contributed by atoms with Gasteiger partial charge in [-0.25, -0.2) is 10.2 Å². The lowest BCUT2D eigenvalue weighted by Crippen LogP contribution is -2.24. The Balaban J connectivity index is 1.68. The van der Waals surface area contributed by atoms with Crippen LogP contribution in [0.3, 0.4) is 0 Å². The highest BCUT2D eigenvalue weighted by Gasteiger charge is 2.14. The van der Waals surface area contributed by atoms with Crippen LogP contribution < -0.4 is 10.2 Å². The summed E-state index contributed by atoms with van der Waals surface area (Å²) in [5, 5.41) is 13.5. The first-order valence-corrected chi connectivity index (χ1v) is 10.4. The zero-order valence-corrected chi connectivity index (χ0v) is 19.1. The topological polar surface area (TPSA) is 92.9 Å². The van der Waals surface area contributed by atoms with Gasteiger partial charge in [0.15, 0.2) is 6.61 Å². The van der Waals surface area contributed by atoms with Crippen molar-refractivity contribution < 1.29 is 19.4 Å². The van der Waals surface area contributed by atoms with Gasteiger partial charge in [0.1, 0.15) is 5.75 Å². The van der Waals surface area contributed by atoms with E-state index in [0.717, 1.165) is 21.4 Å². The molecule has 160 valence electrons. The lowest BCUT2D eigenvalue weighted by molar-refractivity contribution is -0.123. The lowest BCUT2D eigenvalue weighted by Gasteiger charge is -2.11. The molecule has 0 saturated heterocycles. The summed E-state index contributed by atoms with van der Waals surface area (Å²) in [6, 6.07) is 13.9. The minimum Gasteiger partial charge on any atom is -0.484 e. The van der Waals surface area contributed by atoms with Crippen LogP contribution in [0.2, 0.25) is 5.02 Å². The second-order valence-electron chi connectivity index (χ2n) is 6.67. The standard InChI is InChI=1S/C22H19BrClN3O4/c1-13-9-15(11-25-26-21(28)12-31-18-6-3-16(23)4-7-18)14(2)27(13)17-5-8-20(24)19(10-17)22(29)30/h3-11H,12H2,1-2H3,(H,26,28)(H,29,30)/b25-11-. The van der Waals surface area contributed by atoms with E-state index in [9.17, 15) is 14.7 Å². The van der Waals surface area contributed by atoms with Gasteiger partial charge in [-0.15, -0.1) is 0 Å². The van der Waals surface area contributed by atoms with E-state index in [-0.39, 0.29) is 17.2 Å². The molecule has 0 fully saturated rings. The Bertz CT molecular complexity index is 1160. The van der Waals surface area contributed by atoms with Crippen molar-refractivity contribution in [2.75, 3.05) is 6.61 Å². The number of nitrogens with zero attached hydrogens (tertiary/aromatic N) is 2. The van der Waals surface area contributed by atoms with Gasteiger partial charge < -0.3 is 14.4 Å². The Hall–Kier alpha value is -3.10. The van der Waals surface area contributed by atoms with Gasteiger partial charge in [-0.2, -0.15) is 5.10 Å². The number of hydrogen-bond acceptors (Lipinski definition) is 4. The van der Waals surface area contributed by atoms with E-state index in [0.29, 0.717) is 11.4 Å². The molecule has 1 amide bonds. The molecule has 0 spiro atoms. The molecule has 7 nitrogen and oxygen atoms in total. The lowest BCUT2D eigenvalue weighted by atomic mass is 10.2. The van der Waals surface area contributed by atoms with Gasteiger partial charge in [-0.1, -0.05) is 27.5 Å². The number of aromatic nitrogens is 1. The van der Waals surface area contributed by atoms with Crippen LogP contribution >= 0.6 is 27.5 Å². The van der Waals surface area contributed by atoms with Gasteiger partial charge in [-0.05, 0) is 62.4 Å². The Labute approximate surface area is 192 Å². The number of aromatic carboxylic acids is 1. The Kier molecular flexibility index (Phi) is 7.14. The van der Waals surface area contributed by atoms with Gasteiger partial charge in [0.25, 0.3) is 5.91 Å². The number of carbonyl (C=O) groups is 2. The summed E-state index contributed by atoms with van der Waals surface area (Å²) in [7, 11) is 0. The van der Waals surface area contributed by atoms with Gasteiger partial charge >= 0.3 is 5.97 Å². The molecule has 9 heteroatoms. The van der Waals surface area contributed by atoms with Gasteiger partial charge in [0.05, 0.1) is 16.8 Å². The number of carboxylic acids is 1. The highest BCUT2D eigenvalue weighted by atomic mass is 79.9. The third-order valence-corrected chi connectivity index (χ3v) is 5.34. The van der Waals surface area contributed by atoms with E-state index in [1.807, 2.05) is 36.6 Å². The van der Waals surface area contributed by atoms with E-state index in [1.54, 1.807) is 24.3 Å². The summed E-state index contributed by atoms with van der Waals surface area (Å²) in [6.07, 6.45) is 1.53. The number of nitrogens with one attached hydrogen (secondary N) is 1. The number of rotatable bonds is 7. The molecular formula is C22H19BrClN3O4. The number of halogens is 2. The summed E-state index contributed by atoms with van der Waals surface area (Å²) in [5.74, 6) is -0.907. The predicted molar refractivity (Wildman–Crippen MR) is 123 cm³/mol. The Morgan fingerprint density at radius 2 is 1.90 bits per heavy atom. The minimum absolute atomic E-state index is 0.0277. The number of carbonyl (C=O) groups excluding carboxylic acids is 1.